The van der Waals surface area contributed by atoms with Crippen LogP contribution in [0.15, 0.2) is 24.5 Å². The summed E-state index contributed by atoms with van der Waals surface area (Å²) in [6.45, 7) is 2.25. The third-order valence-electron chi connectivity index (χ3n) is 3.53. The Labute approximate surface area is 100 Å². The summed E-state index contributed by atoms with van der Waals surface area (Å²) < 4.78 is 1.77. The van der Waals surface area contributed by atoms with Crippen molar-refractivity contribution in [3.8, 4) is 11.1 Å². The Balaban J connectivity index is 2.15. The van der Waals surface area contributed by atoms with E-state index in [1.165, 1.54) is 6.42 Å². The smallest absolute Gasteiger partial charge is 0.129 e. The minimum atomic E-state index is 0.564. The number of nitrogens with zero attached hydrogens (tertiary/aromatic N) is 3. The average Bonchev–Trinajstić information content (AvgIpc) is 2.98. The molecule has 2 aromatic heterocycles. The zero-order chi connectivity index (χ0) is 12.0. The summed E-state index contributed by atoms with van der Waals surface area (Å²) in [5.41, 5.74) is 9.38. The molecule has 4 nitrogen and oxygen atoms in total. The standard InChI is InChI=1S/C13H16N4/c1-8-6-10(8)12-11(13(14)17(2)16-12)9-4-3-5-15-7-9/h3-5,7-8,10H,6,14H2,1-2H3. The topological polar surface area (TPSA) is 56.7 Å². The summed E-state index contributed by atoms with van der Waals surface area (Å²) in [6.07, 6.45) is 4.84. The number of nitrogen functional groups attached to an aromatic ring is 1. The Kier molecular flexibility index (Phi) is 2.18. The molecule has 1 aliphatic rings. The number of rotatable bonds is 2. The van der Waals surface area contributed by atoms with Crippen LogP contribution in [0.5, 0.6) is 0 Å². The molecular formula is C13H16N4. The van der Waals surface area contributed by atoms with E-state index in [1.807, 2.05) is 25.4 Å². The van der Waals surface area contributed by atoms with Gasteiger partial charge in [-0.1, -0.05) is 13.0 Å². The Bertz CT molecular complexity index is 544. The number of aryl methyl sites for hydroxylation is 1. The van der Waals surface area contributed by atoms with Gasteiger partial charge >= 0.3 is 0 Å². The first kappa shape index (κ1) is 10.3. The van der Waals surface area contributed by atoms with Gasteiger partial charge in [0.25, 0.3) is 0 Å². The second-order valence-corrected chi connectivity index (χ2v) is 4.83. The predicted octanol–water partition coefficient (Wildman–Crippen LogP) is 2.19. The molecule has 4 heteroatoms. The highest BCUT2D eigenvalue weighted by Crippen LogP contribution is 2.50. The van der Waals surface area contributed by atoms with Gasteiger partial charge in [0, 0.05) is 36.5 Å². The number of anilines is 1. The van der Waals surface area contributed by atoms with Crippen molar-refractivity contribution in [1.29, 1.82) is 0 Å². The van der Waals surface area contributed by atoms with E-state index in [9.17, 15) is 0 Å². The van der Waals surface area contributed by atoms with Gasteiger partial charge in [0.15, 0.2) is 0 Å². The third kappa shape index (κ3) is 1.60. The van der Waals surface area contributed by atoms with E-state index in [0.29, 0.717) is 5.92 Å². The lowest BCUT2D eigenvalue weighted by Crippen LogP contribution is -1.98. The predicted molar refractivity (Wildman–Crippen MR) is 67.4 cm³/mol. The molecule has 17 heavy (non-hydrogen) atoms. The molecular weight excluding hydrogens is 212 g/mol. The van der Waals surface area contributed by atoms with Gasteiger partial charge < -0.3 is 5.73 Å². The molecule has 2 N–H and O–H groups in total. The molecule has 0 aromatic carbocycles. The molecule has 2 atom stereocenters. The first-order valence-electron chi connectivity index (χ1n) is 5.91. The van der Waals surface area contributed by atoms with Crippen LogP contribution >= 0.6 is 0 Å². The highest BCUT2D eigenvalue weighted by molar-refractivity contribution is 5.77. The molecule has 1 saturated carbocycles. The van der Waals surface area contributed by atoms with Crippen LogP contribution in [-0.4, -0.2) is 14.8 Å². The SMILES string of the molecule is CC1CC1c1nn(C)c(N)c1-c1cccnc1. The molecule has 2 heterocycles. The maximum absolute atomic E-state index is 6.12. The number of nitrogens with two attached hydrogens (primary N) is 1. The maximum Gasteiger partial charge on any atom is 0.129 e. The molecule has 0 aliphatic heterocycles. The first-order valence-corrected chi connectivity index (χ1v) is 5.91. The van der Waals surface area contributed by atoms with Gasteiger partial charge in [-0.15, -0.1) is 0 Å². The molecule has 1 fully saturated rings. The summed E-state index contributed by atoms with van der Waals surface area (Å²) in [4.78, 5) is 4.16. The Morgan fingerprint density at radius 2 is 2.24 bits per heavy atom. The number of pyridine rings is 1. The molecule has 2 unspecified atom stereocenters. The quantitative estimate of drug-likeness (QED) is 0.857. The van der Waals surface area contributed by atoms with Gasteiger partial charge in [-0.2, -0.15) is 5.10 Å². The van der Waals surface area contributed by atoms with Crippen LogP contribution < -0.4 is 5.73 Å². The molecule has 0 radical (unpaired) electrons. The molecule has 2 aromatic rings. The lowest BCUT2D eigenvalue weighted by molar-refractivity contribution is 0.743. The van der Waals surface area contributed by atoms with Crippen molar-refractivity contribution >= 4 is 5.82 Å². The number of aromatic nitrogens is 3. The summed E-state index contributed by atoms with van der Waals surface area (Å²) in [5.74, 6) is 2.01. The van der Waals surface area contributed by atoms with Gasteiger partial charge in [-0.05, 0) is 18.4 Å². The van der Waals surface area contributed by atoms with E-state index in [4.69, 9.17) is 5.73 Å². The van der Waals surface area contributed by atoms with Crippen LogP contribution in [0.2, 0.25) is 0 Å². The highest BCUT2D eigenvalue weighted by Gasteiger charge is 2.39. The zero-order valence-corrected chi connectivity index (χ0v) is 10.1. The van der Waals surface area contributed by atoms with Crippen molar-refractivity contribution in [3.05, 3.63) is 30.2 Å². The highest BCUT2D eigenvalue weighted by atomic mass is 15.3. The Hall–Kier alpha value is -1.84. The van der Waals surface area contributed by atoms with Gasteiger partial charge in [0.1, 0.15) is 5.82 Å². The van der Waals surface area contributed by atoms with Crippen molar-refractivity contribution in [2.24, 2.45) is 13.0 Å². The lowest BCUT2D eigenvalue weighted by atomic mass is 10.0. The molecule has 0 saturated heterocycles. The summed E-state index contributed by atoms with van der Waals surface area (Å²) >= 11 is 0. The van der Waals surface area contributed by atoms with Crippen molar-refractivity contribution in [2.75, 3.05) is 5.73 Å². The molecule has 0 amide bonds. The van der Waals surface area contributed by atoms with Gasteiger partial charge in [-0.3, -0.25) is 9.67 Å². The Morgan fingerprint density at radius 3 is 2.82 bits per heavy atom. The minimum Gasteiger partial charge on any atom is -0.383 e. The molecule has 0 spiro atoms. The summed E-state index contributed by atoms with van der Waals surface area (Å²) in [6, 6.07) is 3.97. The number of hydrogen-bond donors (Lipinski definition) is 1. The van der Waals surface area contributed by atoms with E-state index < -0.39 is 0 Å². The second kappa shape index (κ2) is 3.58. The van der Waals surface area contributed by atoms with Gasteiger partial charge in [-0.25, -0.2) is 0 Å². The molecule has 1 aliphatic carbocycles. The normalized spacial score (nSPS) is 22.7. The first-order chi connectivity index (χ1) is 8.18. The van der Waals surface area contributed by atoms with Crippen LogP contribution in [0.1, 0.15) is 25.0 Å². The van der Waals surface area contributed by atoms with E-state index >= 15 is 0 Å². The zero-order valence-electron chi connectivity index (χ0n) is 10.1. The van der Waals surface area contributed by atoms with Gasteiger partial charge in [0.05, 0.1) is 5.69 Å². The van der Waals surface area contributed by atoms with Gasteiger partial charge in [0.2, 0.25) is 0 Å². The summed E-state index contributed by atoms with van der Waals surface area (Å²) in [5, 5.41) is 4.56. The number of hydrogen-bond acceptors (Lipinski definition) is 3. The van der Waals surface area contributed by atoms with E-state index in [-0.39, 0.29) is 0 Å². The third-order valence-corrected chi connectivity index (χ3v) is 3.53. The van der Waals surface area contributed by atoms with Crippen molar-refractivity contribution in [3.63, 3.8) is 0 Å². The average molecular weight is 228 g/mol. The van der Waals surface area contributed by atoms with Crippen molar-refractivity contribution in [1.82, 2.24) is 14.8 Å². The van der Waals surface area contributed by atoms with Crippen LogP contribution in [0.25, 0.3) is 11.1 Å². The summed E-state index contributed by atoms with van der Waals surface area (Å²) in [7, 11) is 1.89. The van der Waals surface area contributed by atoms with Crippen LogP contribution in [0.4, 0.5) is 5.82 Å². The van der Waals surface area contributed by atoms with E-state index in [2.05, 4.69) is 17.0 Å². The molecule has 0 bridgehead atoms. The Morgan fingerprint density at radius 1 is 1.47 bits per heavy atom. The second-order valence-electron chi connectivity index (χ2n) is 4.83. The van der Waals surface area contributed by atoms with E-state index in [1.54, 1.807) is 10.9 Å². The fourth-order valence-corrected chi connectivity index (χ4v) is 2.33. The molecule has 88 valence electrons. The van der Waals surface area contributed by atoms with Crippen LogP contribution in [0.3, 0.4) is 0 Å². The van der Waals surface area contributed by atoms with Crippen LogP contribution in [-0.2, 0) is 7.05 Å². The monoisotopic (exact) mass is 228 g/mol. The van der Waals surface area contributed by atoms with Crippen molar-refractivity contribution in [2.45, 2.75) is 19.3 Å². The molecule has 3 rings (SSSR count). The van der Waals surface area contributed by atoms with Crippen LogP contribution in [0, 0.1) is 5.92 Å². The minimum absolute atomic E-state index is 0.564. The fourth-order valence-electron chi connectivity index (χ4n) is 2.33. The largest absolute Gasteiger partial charge is 0.383 e. The fraction of sp³-hybridized carbons (Fsp3) is 0.385. The van der Waals surface area contributed by atoms with Crippen molar-refractivity contribution < 1.29 is 0 Å². The van der Waals surface area contributed by atoms with E-state index in [0.717, 1.165) is 28.6 Å². The maximum atomic E-state index is 6.12. The lowest BCUT2D eigenvalue weighted by Gasteiger charge is -2.02.